The molecule has 2 aliphatic rings. The van der Waals surface area contributed by atoms with Gasteiger partial charge in [0.15, 0.2) is 0 Å². The van der Waals surface area contributed by atoms with Crippen LogP contribution in [0.1, 0.15) is 12.8 Å². The number of rotatable bonds is 3. The highest BCUT2D eigenvalue weighted by Gasteiger charge is 2.29. The molecule has 1 atom stereocenters. The maximum atomic E-state index is 11.3. The lowest BCUT2D eigenvalue weighted by Gasteiger charge is -2.20. The van der Waals surface area contributed by atoms with Crippen LogP contribution in [0.25, 0.3) is 0 Å². The zero-order valence-corrected chi connectivity index (χ0v) is 9.26. The van der Waals surface area contributed by atoms with Crippen molar-refractivity contribution in [3.63, 3.8) is 0 Å². The molecule has 1 saturated heterocycles. The molecule has 1 amide bonds. The molecular weight excluding hydrogens is 202 g/mol. The Kier molecular flexibility index (Phi) is 3.44. The molecule has 1 saturated carbocycles. The van der Waals surface area contributed by atoms with Crippen molar-refractivity contribution in [1.82, 2.24) is 5.32 Å². The normalized spacial score (nSPS) is 28.5. The predicted molar refractivity (Wildman–Crippen MR) is 59.3 cm³/mol. The van der Waals surface area contributed by atoms with Crippen LogP contribution in [0.15, 0.2) is 0 Å². The average molecular weight is 217 g/mol. The molecule has 1 aliphatic carbocycles. The Labute approximate surface area is 87.6 Å². The first kappa shape index (κ1) is 9.71. The highest BCUT2D eigenvalue weighted by molar-refractivity contribution is 8.06. The second-order valence-electron chi connectivity index (χ2n) is 3.59. The first-order valence-electron chi connectivity index (χ1n) is 4.83. The van der Waals surface area contributed by atoms with Gasteiger partial charge in [-0.05, 0) is 12.8 Å². The van der Waals surface area contributed by atoms with E-state index in [0.717, 1.165) is 19.4 Å². The van der Waals surface area contributed by atoms with E-state index in [4.69, 9.17) is 0 Å². The number of amides is 1. The van der Waals surface area contributed by atoms with E-state index in [1.165, 1.54) is 17.3 Å². The molecule has 74 valence electrons. The number of thioether (sulfide) groups is 2. The Hall–Kier alpha value is 0.170. The molecule has 0 aromatic heterocycles. The van der Waals surface area contributed by atoms with Gasteiger partial charge in [-0.15, -0.1) is 0 Å². The van der Waals surface area contributed by atoms with Crippen molar-refractivity contribution in [2.45, 2.75) is 18.1 Å². The second-order valence-corrected chi connectivity index (χ2v) is 6.15. The van der Waals surface area contributed by atoms with Gasteiger partial charge in [-0.25, -0.2) is 0 Å². The summed E-state index contributed by atoms with van der Waals surface area (Å²) in [5.74, 6) is 4.37. The van der Waals surface area contributed by atoms with Crippen LogP contribution in [0, 0.1) is 5.92 Å². The highest BCUT2D eigenvalue weighted by atomic mass is 32.2. The quantitative estimate of drug-likeness (QED) is 0.774. The van der Waals surface area contributed by atoms with Gasteiger partial charge in [0, 0.05) is 35.0 Å². The largest absolute Gasteiger partial charge is 0.355 e. The Morgan fingerprint density at radius 3 is 2.85 bits per heavy atom. The van der Waals surface area contributed by atoms with Crippen LogP contribution in [-0.4, -0.2) is 35.0 Å². The lowest BCUT2D eigenvalue weighted by Crippen LogP contribution is -2.34. The van der Waals surface area contributed by atoms with Gasteiger partial charge in [-0.2, -0.15) is 23.5 Å². The van der Waals surface area contributed by atoms with Crippen molar-refractivity contribution < 1.29 is 4.79 Å². The summed E-state index contributed by atoms with van der Waals surface area (Å²) in [7, 11) is 0. The monoisotopic (exact) mass is 217 g/mol. The highest BCUT2D eigenvalue weighted by Crippen LogP contribution is 2.29. The fourth-order valence-corrected chi connectivity index (χ4v) is 3.97. The van der Waals surface area contributed by atoms with E-state index >= 15 is 0 Å². The van der Waals surface area contributed by atoms with Crippen molar-refractivity contribution in [2.75, 3.05) is 23.8 Å². The summed E-state index contributed by atoms with van der Waals surface area (Å²) >= 11 is 4.01. The van der Waals surface area contributed by atoms with Crippen molar-refractivity contribution >= 4 is 29.4 Å². The first-order chi connectivity index (χ1) is 6.36. The third-order valence-electron chi connectivity index (χ3n) is 2.34. The number of hydrogen-bond donors (Lipinski definition) is 1. The fraction of sp³-hybridized carbons (Fsp3) is 0.889. The van der Waals surface area contributed by atoms with Crippen molar-refractivity contribution in [2.24, 2.45) is 5.92 Å². The minimum atomic E-state index is 0.288. The summed E-state index contributed by atoms with van der Waals surface area (Å²) in [5.41, 5.74) is 0. The Morgan fingerprint density at radius 1 is 1.38 bits per heavy atom. The molecule has 1 heterocycles. The van der Waals surface area contributed by atoms with Crippen LogP contribution < -0.4 is 5.32 Å². The summed E-state index contributed by atoms with van der Waals surface area (Å²) in [6, 6.07) is 0. The molecule has 1 aliphatic heterocycles. The van der Waals surface area contributed by atoms with E-state index < -0.39 is 0 Å². The second kappa shape index (κ2) is 4.60. The van der Waals surface area contributed by atoms with Gasteiger partial charge in [0.05, 0.1) is 0 Å². The molecule has 2 fully saturated rings. The summed E-state index contributed by atoms with van der Waals surface area (Å²) in [4.78, 5) is 11.3. The molecule has 4 heteroatoms. The van der Waals surface area contributed by atoms with Gasteiger partial charge < -0.3 is 5.32 Å². The van der Waals surface area contributed by atoms with Gasteiger partial charge in [-0.3, -0.25) is 4.79 Å². The first-order valence-corrected chi connectivity index (χ1v) is 7.03. The van der Waals surface area contributed by atoms with Crippen molar-refractivity contribution in [3.8, 4) is 0 Å². The molecule has 1 N–H and O–H groups in total. The standard InChI is InChI=1S/C9H15NOS2/c11-9(7-1-2-7)10-5-8-6-12-3-4-13-8/h7-8H,1-6H2,(H,10,11). The number of hydrogen-bond acceptors (Lipinski definition) is 3. The van der Waals surface area contributed by atoms with E-state index in [1.54, 1.807) is 0 Å². The lowest BCUT2D eigenvalue weighted by molar-refractivity contribution is -0.122. The molecular formula is C9H15NOS2. The van der Waals surface area contributed by atoms with Crippen LogP contribution in [-0.2, 0) is 4.79 Å². The SMILES string of the molecule is O=C(NCC1CSCCS1)C1CC1. The van der Waals surface area contributed by atoms with Crippen LogP contribution in [0.4, 0.5) is 0 Å². The summed E-state index contributed by atoms with van der Waals surface area (Å²) in [5, 5.41) is 3.70. The van der Waals surface area contributed by atoms with Crippen LogP contribution in [0.5, 0.6) is 0 Å². The smallest absolute Gasteiger partial charge is 0.223 e. The third-order valence-corrected chi connectivity index (χ3v) is 5.18. The Balaban J connectivity index is 1.62. The molecule has 1 unspecified atom stereocenters. The van der Waals surface area contributed by atoms with Gasteiger partial charge >= 0.3 is 0 Å². The molecule has 0 aromatic rings. The Morgan fingerprint density at radius 2 is 2.23 bits per heavy atom. The van der Waals surface area contributed by atoms with Crippen molar-refractivity contribution in [3.05, 3.63) is 0 Å². The molecule has 0 spiro atoms. The van der Waals surface area contributed by atoms with Gasteiger partial charge in [0.2, 0.25) is 5.91 Å². The molecule has 2 rings (SSSR count). The average Bonchev–Trinajstić information content (AvgIpc) is 2.99. The minimum absolute atomic E-state index is 0.288. The van der Waals surface area contributed by atoms with E-state index in [0.29, 0.717) is 11.2 Å². The molecule has 0 aromatic carbocycles. The number of nitrogens with one attached hydrogen (secondary N) is 1. The fourth-order valence-electron chi connectivity index (χ4n) is 1.36. The summed E-state index contributed by atoms with van der Waals surface area (Å²) in [6.07, 6.45) is 2.22. The lowest BCUT2D eigenvalue weighted by atomic mass is 10.4. The van der Waals surface area contributed by atoms with E-state index in [1.807, 2.05) is 23.5 Å². The van der Waals surface area contributed by atoms with Crippen LogP contribution in [0.3, 0.4) is 0 Å². The maximum Gasteiger partial charge on any atom is 0.223 e. The molecule has 2 nitrogen and oxygen atoms in total. The summed E-state index contributed by atoms with van der Waals surface area (Å²) in [6.45, 7) is 0.882. The third kappa shape index (κ3) is 3.09. The van der Waals surface area contributed by atoms with E-state index in [-0.39, 0.29) is 5.91 Å². The van der Waals surface area contributed by atoms with E-state index in [9.17, 15) is 4.79 Å². The molecule has 0 bridgehead atoms. The van der Waals surface area contributed by atoms with Crippen molar-refractivity contribution in [1.29, 1.82) is 0 Å². The van der Waals surface area contributed by atoms with Gasteiger partial charge in [-0.1, -0.05) is 0 Å². The maximum absolute atomic E-state index is 11.3. The predicted octanol–water partition coefficient (Wildman–Crippen LogP) is 1.36. The number of carbonyl (C=O) groups excluding carboxylic acids is 1. The van der Waals surface area contributed by atoms with Gasteiger partial charge in [0.1, 0.15) is 0 Å². The van der Waals surface area contributed by atoms with Gasteiger partial charge in [0.25, 0.3) is 0 Å². The van der Waals surface area contributed by atoms with Crippen LogP contribution >= 0.6 is 23.5 Å². The van der Waals surface area contributed by atoms with E-state index in [2.05, 4.69) is 5.32 Å². The number of carbonyl (C=O) groups is 1. The Bertz CT molecular complexity index is 188. The zero-order chi connectivity index (χ0) is 9.10. The van der Waals surface area contributed by atoms with Crippen LogP contribution in [0.2, 0.25) is 0 Å². The topological polar surface area (TPSA) is 29.1 Å². The zero-order valence-electron chi connectivity index (χ0n) is 7.62. The molecule has 0 radical (unpaired) electrons. The minimum Gasteiger partial charge on any atom is -0.355 e. The summed E-state index contributed by atoms with van der Waals surface area (Å²) < 4.78 is 0. The molecule has 13 heavy (non-hydrogen) atoms.